The molecule has 0 aliphatic carbocycles. The van der Waals surface area contributed by atoms with E-state index in [4.69, 9.17) is 4.74 Å². The van der Waals surface area contributed by atoms with Crippen LogP contribution in [0.5, 0.6) is 0 Å². The van der Waals surface area contributed by atoms with E-state index >= 15 is 0 Å². The Kier molecular flexibility index (Phi) is 3.50. The molecular formula is C10H20N2O2. The van der Waals surface area contributed by atoms with E-state index in [-0.39, 0.29) is 17.6 Å². The molecule has 1 saturated heterocycles. The summed E-state index contributed by atoms with van der Waals surface area (Å²) in [5.41, 5.74) is -0.104. The van der Waals surface area contributed by atoms with Gasteiger partial charge >= 0.3 is 0 Å². The molecule has 1 atom stereocenters. The standard InChI is InChI=1S/C10H20N2O2/c1-10(2,3)12-5-6-14-8(7-11-4)9(12)13/h8,11H,5-7H2,1-4H3. The molecule has 1 heterocycles. The first kappa shape index (κ1) is 11.5. The zero-order valence-electron chi connectivity index (χ0n) is 9.46. The van der Waals surface area contributed by atoms with Gasteiger partial charge in [-0.2, -0.15) is 0 Å². The summed E-state index contributed by atoms with van der Waals surface area (Å²) in [4.78, 5) is 13.8. The highest BCUT2D eigenvalue weighted by Crippen LogP contribution is 2.18. The highest BCUT2D eigenvalue weighted by molar-refractivity contribution is 5.82. The molecule has 0 bridgehead atoms. The molecule has 1 amide bonds. The second-order valence-electron chi connectivity index (χ2n) is 4.58. The number of amides is 1. The molecule has 0 spiro atoms. The first-order chi connectivity index (χ1) is 6.46. The highest BCUT2D eigenvalue weighted by atomic mass is 16.5. The van der Waals surface area contributed by atoms with Crippen LogP contribution in [0.3, 0.4) is 0 Å². The third-order valence-corrected chi connectivity index (χ3v) is 2.37. The van der Waals surface area contributed by atoms with E-state index in [1.54, 1.807) is 0 Å². The van der Waals surface area contributed by atoms with Crippen molar-refractivity contribution >= 4 is 5.91 Å². The normalized spacial score (nSPS) is 24.1. The Hall–Kier alpha value is -0.610. The third kappa shape index (κ3) is 2.45. The van der Waals surface area contributed by atoms with E-state index in [1.807, 2.05) is 32.7 Å². The fourth-order valence-corrected chi connectivity index (χ4v) is 1.64. The van der Waals surface area contributed by atoms with E-state index < -0.39 is 0 Å². The molecule has 0 saturated carbocycles. The number of carbonyl (C=O) groups excluding carboxylic acids is 1. The van der Waals surface area contributed by atoms with Gasteiger partial charge in [-0.1, -0.05) is 0 Å². The van der Waals surface area contributed by atoms with Crippen LogP contribution in [0.25, 0.3) is 0 Å². The summed E-state index contributed by atoms with van der Waals surface area (Å²) in [5.74, 6) is 0.0955. The second-order valence-corrected chi connectivity index (χ2v) is 4.58. The minimum atomic E-state index is -0.312. The second kappa shape index (κ2) is 4.28. The Morgan fingerprint density at radius 3 is 2.71 bits per heavy atom. The molecule has 14 heavy (non-hydrogen) atoms. The lowest BCUT2D eigenvalue weighted by molar-refractivity contribution is -0.158. The molecule has 1 fully saturated rings. The van der Waals surface area contributed by atoms with E-state index in [0.717, 1.165) is 0 Å². The fraction of sp³-hybridized carbons (Fsp3) is 0.900. The molecule has 1 unspecified atom stereocenters. The summed E-state index contributed by atoms with van der Waals surface area (Å²) >= 11 is 0. The van der Waals surface area contributed by atoms with Crippen molar-refractivity contribution < 1.29 is 9.53 Å². The van der Waals surface area contributed by atoms with Gasteiger partial charge in [-0.25, -0.2) is 0 Å². The lowest BCUT2D eigenvalue weighted by Crippen LogP contribution is -2.57. The molecular weight excluding hydrogens is 180 g/mol. The van der Waals surface area contributed by atoms with Crippen LogP contribution >= 0.6 is 0 Å². The predicted molar refractivity (Wildman–Crippen MR) is 55.1 cm³/mol. The van der Waals surface area contributed by atoms with Gasteiger partial charge in [-0.05, 0) is 27.8 Å². The summed E-state index contributed by atoms with van der Waals surface area (Å²) in [6.07, 6.45) is -0.312. The zero-order chi connectivity index (χ0) is 10.8. The summed E-state index contributed by atoms with van der Waals surface area (Å²) in [7, 11) is 1.83. The number of hydrogen-bond acceptors (Lipinski definition) is 3. The number of likely N-dealkylation sites (N-methyl/N-ethyl adjacent to an activating group) is 1. The molecule has 0 aromatic carbocycles. The van der Waals surface area contributed by atoms with Crippen LogP contribution in [0, 0.1) is 0 Å². The molecule has 82 valence electrons. The van der Waals surface area contributed by atoms with E-state index in [1.165, 1.54) is 0 Å². The summed E-state index contributed by atoms with van der Waals surface area (Å²) in [5, 5.41) is 2.97. The van der Waals surface area contributed by atoms with Gasteiger partial charge in [0.15, 0.2) is 0 Å². The average molecular weight is 200 g/mol. The quantitative estimate of drug-likeness (QED) is 0.694. The molecule has 4 nitrogen and oxygen atoms in total. The summed E-state index contributed by atoms with van der Waals surface area (Å²) in [6, 6.07) is 0. The Labute approximate surface area is 85.6 Å². The molecule has 0 radical (unpaired) electrons. The van der Waals surface area contributed by atoms with E-state index in [2.05, 4.69) is 5.32 Å². The number of rotatable bonds is 2. The monoisotopic (exact) mass is 200 g/mol. The van der Waals surface area contributed by atoms with Crippen molar-refractivity contribution in [3.8, 4) is 0 Å². The minimum absolute atomic E-state index is 0.0955. The lowest BCUT2D eigenvalue weighted by atomic mass is 10.0. The van der Waals surface area contributed by atoms with E-state index in [0.29, 0.717) is 19.7 Å². The Morgan fingerprint density at radius 2 is 2.21 bits per heavy atom. The van der Waals surface area contributed by atoms with Crippen LogP contribution in [0.15, 0.2) is 0 Å². The zero-order valence-corrected chi connectivity index (χ0v) is 9.46. The molecule has 0 aromatic heterocycles. The average Bonchev–Trinajstić information content (AvgIpc) is 2.07. The molecule has 1 aliphatic rings. The third-order valence-electron chi connectivity index (χ3n) is 2.37. The molecule has 0 aromatic rings. The lowest BCUT2D eigenvalue weighted by Gasteiger charge is -2.41. The van der Waals surface area contributed by atoms with Crippen LogP contribution in [0.4, 0.5) is 0 Å². The van der Waals surface area contributed by atoms with Crippen LogP contribution in [-0.4, -0.2) is 49.2 Å². The summed E-state index contributed by atoms with van der Waals surface area (Å²) < 4.78 is 5.40. The number of nitrogens with one attached hydrogen (secondary N) is 1. The van der Waals surface area contributed by atoms with E-state index in [9.17, 15) is 4.79 Å². The topological polar surface area (TPSA) is 41.6 Å². The molecule has 4 heteroatoms. The van der Waals surface area contributed by atoms with Crippen LogP contribution in [0.2, 0.25) is 0 Å². The van der Waals surface area contributed by atoms with Crippen molar-refractivity contribution in [2.45, 2.75) is 32.4 Å². The Balaban J connectivity index is 2.66. The van der Waals surface area contributed by atoms with Crippen LogP contribution in [0.1, 0.15) is 20.8 Å². The Bertz CT molecular complexity index is 209. The van der Waals surface area contributed by atoms with Crippen molar-refractivity contribution in [2.75, 3.05) is 26.7 Å². The molecule has 1 N–H and O–H groups in total. The largest absolute Gasteiger partial charge is 0.365 e. The van der Waals surface area contributed by atoms with Gasteiger partial charge in [0, 0.05) is 18.6 Å². The molecule has 1 rings (SSSR count). The van der Waals surface area contributed by atoms with Gasteiger partial charge in [-0.15, -0.1) is 0 Å². The predicted octanol–water partition coefficient (Wildman–Crippen LogP) is 0.232. The van der Waals surface area contributed by atoms with Crippen molar-refractivity contribution in [1.82, 2.24) is 10.2 Å². The highest BCUT2D eigenvalue weighted by Gasteiger charge is 2.35. The van der Waals surface area contributed by atoms with Crippen LogP contribution < -0.4 is 5.32 Å². The first-order valence-electron chi connectivity index (χ1n) is 5.04. The summed E-state index contributed by atoms with van der Waals surface area (Å²) in [6.45, 7) is 8.06. The van der Waals surface area contributed by atoms with Gasteiger partial charge in [-0.3, -0.25) is 4.79 Å². The minimum Gasteiger partial charge on any atom is -0.365 e. The van der Waals surface area contributed by atoms with Gasteiger partial charge in [0.05, 0.1) is 6.61 Å². The molecule has 1 aliphatic heterocycles. The number of hydrogen-bond donors (Lipinski definition) is 1. The van der Waals surface area contributed by atoms with Gasteiger partial charge in [0.25, 0.3) is 5.91 Å². The smallest absolute Gasteiger partial charge is 0.253 e. The number of nitrogens with zero attached hydrogens (tertiary/aromatic N) is 1. The maximum atomic E-state index is 11.9. The van der Waals surface area contributed by atoms with Gasteiger partial charge < -0.3 is 15.0 Å². The van der Waals surface area contributed by atoms with Gasteiger partial charge in [0.1, 0.15) is 6.10 Å². The number of ether oxygens (including phenoxy) is 1. The first-order valence-corrected chi connectivity index (χ1v) is 5.04. The Morgan fingerprint density at radius 1 is 1.57 bits per heavy atom. The van der Waals surface area contributed by atoms with Crippen LogP contribution in [-0.2, 0) is 9.53 Å². The van der Waals surface area contributed by atoms with Crippen molar-refractivity contribution in [3.05, 3.63) is 0 Å². The van der Waals surface area contributed by atoms with Crippen molar-refractivity contribution in [3.63, 3.8) is 0 Å². The van der Waals surface area contributed by atoms with Crippen molar-refractivity contribution in [2.24, 2.45) is 0 Å². The fourth-order valence-electron chi connectivity index (χ4n) is 1.64. The van der Waals surface area contributed by atoms with Crippen molar-refractivity contribution in [1.29, 1.82) is 0 Å². The maximum absolute atomic E-state index is 11.9. The number of carbonyl (C=O) groups is 1. The van der Waals surface area contributed by atoms with Gasteiger partial charge in [0.2, 0.25) is 0 Å². The maximum Gasteiger partial charge on any atom is 0.253 e. The number of morpholine rings is 1. The SMILES string of the molecule is CNCC1OCCN(C(C)(C)C)C1=O.